The number of fused-ring (bicyclic) bond motifs is 1. The van der Waals surface area contributed by atoms with Crippen LogP contribution in [-0.4, -0.2) is 21.2 Å². The zero-order chi connectivity index (χ0) is 14.3. The molecule has 3 rings (SSSR count). The average molecular weight is 290 g/mol. The number of aromatic nitrogens is 2. The number of carbonyl (C=O) groups excluding carboxylic acids is 2. The summed E-state index contributed by atoms with van der Waals surface area (Å²) in [6.07, 6.45) is 3.40. The van der Waals surface area contributed by atoms with Crippen molar-refractivity contribution in [2.45, 2.75) is 20.0 Å². The molecule has 0 fully saturated rings. The number of nitrogens with zero attached hydrogens (tertiary/aromatic N) is 3. The van der Waals surface area contributed by atoms with Gasteiger partial charge in [0, 0.05) is 12.7 Å². The van der Waals surface area contributed by atoms with Crippen LogP contribution >= 0.6 is 11.6 Å². The molecule has 0 unspecified atom stereocenters. The van der Waals surface area contributed by atoms with E-state index in [9.17, 15) is 9.59 Å². The van der Waals surface area contributed by atoms with E-state index in [0.717, 1.165) is 12.2 Å². The maximum absolute atomic E-state index is 12.1. The number of ketones is 1. The lowest BCUT2D eigenvalue weighted by molar-refractivity contribution is -0.114. The highest BCUT2D eigenvalue weighted by Crippen LogP contribution is 2.34. The fourth-order valence-electron chi connectivity index (χ4n) is 2.38. The molecule has 0 bridgehead atoms. The molecule has 0 saturated carbocycles. The van der Waals surface area contributed by atoms with Crippen molar-refractivity contribution in [3.05, 3.63) is 47.0 Å². The molecule has 0 aliphatic carbocycles. The first kappa shape index (κ1) is 12.9. The lowest BCUT2D eigenvalue weighted by Crippen LogP contribution is -2.30. The normalized spacial score (nSPS) is 14.0. The number of benzene rings is 1. The highest BCUT2D eigenvalue weighted by atomic mass is 35.5. The third-order valence-corrected chi connectivity index (χ3v) is 3.72. The number of Topliss-reactive ketones (excluding diaryl/α,β-unsaturated/α-hetero) is 1. The van der Waals surface area contributed by atoms with E-state index < -0.39 is 11.7 Å². The summed E-state index contributed by atoms with van der Waals surface area (Å²) in [5, 5.41) is 0.312. The van der Waals surface area contributed by atoms with Crippen molar-refractivity contribution in [1.82, 2.24) is 9.55 Å². The van der Waals surface area contributed by atoms with Crippen LogP contribution < -0.4 is 4.90 Å². The van der Waals surface area contributed by atoms with Crippen LogP contribution in [0, 0.1) is 0 Å². The predicted molar refractivity (Wildman–Crippen MR) is 74.9 cm³/mol. The lowest BCUT2D eigenvalue weighted by Gasteiger charge is -2.17. The van der Waals surface area contributed by atoms with Crippen LogP contribution in [0.3, 0.4) is 0 Å². The van der Waals surface area contributed by atoms with Crippen molar-refractivity contribution >= 4 is 29.0 Å². The van der Waals surface area contributed by atoms with E-state index in [4.69, 9.17) is 11.6 Å². The molecule has 6 heteroatoms. The molecule has 1 aromatic heterocycles. The molecule has 0 radical (unpaired) electrons. The van der Waals surface area contributed by atoms with Crippen LogP contribution in [-0.2, 0) is 17.9 Å². The molecule has 1 aliphatic rings. The van der Waals surface area contributed by atoms with Gasteiger partial charge in [-0.2, -0.15) is 0 Å². The summed E-state index contributed by atoms with van der Waals surface area (Å²) < 4.78 is 1.93. The summed E-state index contributed by atoms with van der Waals surface area (Å²) in [5.74, 6) is -1.09. The molecule has 1 aromatic carbocycles. The second kappa shape index (κ2) is 4.76. The largest absolute Gasteiger partial charge is 0.333 e. The number of imidazole rings is 1. The quantitative estimate of drug-likeness (QED) is 0.815. The van der Waals surface area contributed by atoms with Gasteiger partial charge in [-0.25, -0.2) is 4.98 Å². The maximum Gasteiger partial charge on any atom is 0.299 e. The van der Waals surface area contributed by atoms with Gasteiger partial charge in [0.15, 0.2) is 0 Å². The molecular weight excluding hydrogens is 278 g/mol. The molecule has 0 spiro atoms. The second-order valence-electron chi connectivity index (χ2n) is 4.53. The molecule has 20 heavy (non-hydrogen) atoms. The van der Waals surface area contributed by atoms with E-state index >= 15 is 0 Å². The van der Waals surface area contributed by atoms with Crippen LogP contribution in [0.2, 0.25) is 5.02 Å². The average Bonchev–Trinajstić information content (AvgIpc) is 2.98. The van der Waals surface area contributed by atoms with Crippen molar-refractivity contribution in [1.29, 1.82) is 0 Å². The van der Waals surface area contributed by atoms with Gasteiger partial charge in [-0.05, 0) is 19.1 Å². The first-order chi connectivity index (χ1) is 9.63. The molecule has 5 nitrogen and oxygen atoms in total. The van der Waals surface area contributed by atoms with Gasteiger partial charge < -0.3 is 4.57 Å². The minimum atomic E-state index is -0.548. The third-order valence-electron chi connectivity index (χ3n) is 3.41. The van der Waals surface area contributed by atoms with Crippen molar-refractivity contribution in [3.63, 3.8) is 0 Å². The first-order valence-corrected chi connectivity index (χ1v) is 6.65. The monoisotopic (exact) mass is 289 g/mol. The van der Waals surface area contributed by atoms with E-state index in [2.05, 4.69) is 4.98 Å². The van der Waals surface area contributed by atoms with Gasteiger partial charge >= 0.3 is 0 Å². The Morgan fingerprint density at radius 3 is 2.85 bits per heavy atom. The van der Waals surface area contributed by atoms with Crippen LogP contribution in [0.15, 0.2) is 30.7 Å². The summed E-state index contributed by atoms with van der Waals surface area (Å²) in [5.41, 5.74) is 1.74. The SMILES string of the molecule is CCn1cncc1CN1C(=O)C(=O)c2c(Cl)cccc21. The lowest BCUT2D eigenvalue weighted by atomic mass is 10.1. The van der Waals surface area contributed by atoms with Crippen LogP contribution in [0.5, 0.6) is 0 Å². The van der Waals surface area contributed by atoms with Crippen molar-refractivity contribution < 1.29 is 9.59 Å². The summed E-state index contributed by atoms with van der Waals surface area (Å²) in [6, 6.07) is 5.08. The van der Waals surface area contributed by atoms with E-state index in [0.29, 0.717) is 22.8 Å². The Balaban J connectivity index is 2.02. The van der Waals surface area contributed by atoms with Gasteiger partial charge in [0.25, 0.3) is 11.7 Å². The topological polar surface area (TPSA) is 55.2 Å². The number of hydrogen-bond acceptors (Lipinski definition) is 3. The number of carbonyl (C=O) groups is 2. The Morgan fingerprint density at radius 1 is 1.30 bits per heavy atom. The van der Waals surface area contributed by atoms with E-state index in [1.54, 1.807) is 30.7 Å². The molecule has 1 aliphatic heterocycles. The van der Waals surface area contributed by atoms with Gasteiger partial charge in [-0.3, -0.25) is 14.5 Å². The third kappa shape index (κ3) is 1.82. The van der Waals surface area contributed by atoms with E-state index in [-0.39, 0.29) is 0 Å². The van der Waals surface area contributed by atoms with Gasteiger partial charge in [0.2, 0.25) is 0 Å². The van der Waals surface area contributed by atoms with Crippen molar-refractivity contribution in [3.8, 4) is 0 Å². The smallest absolute Gasteiger partial charge is 0.299 e. The van der Waals surface area contributed by atoms with Crippen molar-refractivity contribution in [2.75, 3.05) is 4.90 Å². The standard InChI is InChI=1S/C14H12ClN3O2/c1-2-17-8-16-6-9(17)7-18-11-5-3-4-10(15)12(11)13(19)14(18)20/h3-6,8H,2,7H2,1H3. The Morgan fingerprint density at radius 2 is 2.10 bits per heavy atom. The fraction of sp³-hybridized carbons (Fsp3) is 0.214. The molecule has 0 atom stereocenters. The van der Waals surface area contributed by atoms with E-state index in [1.165, 1.54) is 4.90 Å². The highest BCUT2D eigenvalue weighted by molar-refractivity contribution is 6.55. The molecular formula is C14H12ClN3O2. The molecule has 2 aromatic rings. The van der Waals surface area contributed by atoms with Gasteiger partial charge in [0.1, 0.15) is 0 Å². The number of amides is 1. The highest BCUT2D eigenvalue weighted by Gasteiger charge is 2.37. The summed E-state index contributed by atoms with van der Waals surface area (Å²) >= 11 is 6.02. The van der Waals surface area contributed by atoms with Crippen molar-refractivity contribution in [2.24, 2.45) is 0 Å². The minimum absolute atomic E-state index is 0.293. The first-order valence-electron chi connectivity index (χ1n) is 6.27. The number of aryl methyl sites for hydroxylation is 1. The molecule has 102 valence electrons. The maximum atomic E-state index is 12.1. The zero-order valence-corrected chi connectivity index (χ0v) is 11.6. The predicted octanol–water partition coefficient (Wildman–Crippen LogP) is 2.29. The Bertz CT molecular complexity index is 708. The second-order valence-corrected chi connectivity index (χ2v) is 4.93. The van der Waals surface area contributed by atoms with Gasteiger partial charge in [0.05, 0.1) is 34.8 Å². The zero-order valence-electron chi connectivity index (χ0n) is 10.8. The molecule has 0 N–H and O–H groups in total. The van der Waals surface area contributed by atoms with Gasteiger partial charge in [-0.15, -0.1) is 0 Å². The number of hydrogen-bond donors (Lipinski definition) is 0. The number of halogens is 1. The summed E-state index contributed by atoms with van der Waals surface area (Å²) in [7, 11) is 0. The molecule has 1 amide bonds. The van der Waals surface area contributed by atoms with Gasteiger partial charge in [-0.1, -0.05) is 17.7 Å². The summed E-state index contributed by atoms with van der Waals surface area (Å²) in [6.45, 7) is 3.06. The van der Waals surface area contributed by atoms with Crippen LogP contribution in [0.1, 0.15) is 23.0 Å². The summed E-state index contributed by atoms with van der Waals surface area (Å²) in [4.78, 5) is 29.7. The van der Waals surface area contributed by atoms with E-state index in [1.807, 2.05) is 11.5 Å². The number of rotatable bonds is 3. The fourth-order valence-corrected chi connectivity index (χ4v) is 2.64. The molecule has 0 saturated heterocycles. The Hall–Kier alpha value is -2.14. The number of anilines is 1. The van der Waals surface area contributed by atoms with Crippen LogP contribution in [0.4, 0.5) is 5.69 Å². The Kier molecular flexibility index (Phi) is 3.06. The molecule has 2 heterocycles. The minimum Gasteiger partial charge on any atom is -0.333 e. The van der Waals surface area contributed by atoms with Crippen LogP contribution in [0.25, 0.3) is 0 Å². The Labute approximate surface area is 120 Å².